The Balaban J connectivity index is 1.41. The molecule has 0 aromatic heterocycles. The Labute approximate surface area is 207 Å². The molecule has 2 aliphatic rings. The average Bonchev–Trinajstić information content (AvgIpc) is 3.29. The number of likely N-dealkylation sites (tertiary alicyclic amines) is 1. The third-order valence-corrected chi connectivity index (χ3v) is 7.19. The van der Waals surface area contributed by atoms with Crippen molar-refractivity contribution in [3.05, 3.63) is 83.4 Å². The van der Waals surface area contributed by atoms with Gasteiger partial charge >= 0.3 is 0 Å². The highest BCUT2D eigenvalue weighted by Gasteiger charge is 2.30. The molecule has 0 saturated carbocycles. The van der Waals surface area contributed by atoms with E-state index in [0.717, 1.165) is 58.3 Å². The van der Waals surface area contributed by atoms with Crippen LogP contribution in [0.2, 0.25) is 0 Å². The topological polar surface area (TPSA) is 62.2 Å². The summed E-state index contributed by atoms with van der Waals surface area (Å²) in [4.78, 5) is 2.50. The molecule has 0 spiro atoms. The van der Waals surface area contributed by atoms with Gasteiger partial charge in [0.25, 0.3) is 0 Å². The molecule has 2 aliphatic heterocycles. The molecular weight excluding hydrogens is 438 g/mol. The largest absolute Gasteiger partial charge is 0.508 e. The number of allylic oxidation sites excluding steroid dienone is 1. The van der Waals surface area contributed by atoms with Gasteiger partial charge in [-0.3, -0.25) is 4.90 Å². The first-order valence-corrected chi connectivity index (χ1v) is 12.4. The Hall–Kier alpha value is -3.44. The summed E-state index contributed by atoms with van der Waals surface area (Å²) >= 11 is 0. The van der Waals surface area contributed by atoms with E-state index in [1.54, 1.807) is 30.3 Å². The summed E-state index contributed by atoms with van der Waals surface area (Å²) in [7, 11) is 0. The Morgan fingerprint density at radius 1 is 1.03 bits per heavy atom. The summed E-state index contributed by atoms with van der Waals surface area (Å²) in [6, 6.07) is 20.9. The van der Waals surface area contributed by atoms with E-state index in [1.807, 2.05) is 43.3 Å². The molecule has 3 aromatic carbocycles. The Morgan fingerprint density at radius 2 is 1.80 bits per heavy atom. The maximum Gasteiger partial charge on any atom is 0.150 e. The SMILES string of the molecule is CC1=C(c2cccc(O)c2)C(c2ccc(OC[C@@H](C)N3CC[C@@H](C)C3)cc2)Oc2ccc(O)cc21. The molecule has 2 N–H and O–H groups in total. The third-order valence-electron chi connectivity index (χ3n) is 7.19. The zero-order chi connectivity index (χ0) is 24.5. The highest BCUT2D eigenvalue weighted by molar-refractivity contribution is 5.95. The van der Waals surface area contributed by atoms with E-state index < -0.39 is 0 Å². The van der Waals surface area contributed by atoms with E-state index in [2.05, 4.69) is 18.7 Å². The lowest BCUT2D eigenvalue weighted by Crippen LogP contribution is -2.35. The predicted molar refractivity (Wildman–Crippen MR) is 139 cm³/mol. The number of phenolic OH excluding ortho intramolecular Hbond substituents is 2. The van der Waals surface area contributed by atoms with E-state index in [0.29, 0.717) is 12.6 Å². The van der Waals surface area contributed by atoms with Crippen LogP contribution < -0.4 is 9.47 Å². The van der Waals surface area contributed by atoms with Crippen molar-refractivity contribution in [1.29, 1.82) is 0 Å². The molecule has 1 unspecified atom stereocenters. The Bertz CT molecular complexity index is 1230. The minimum absolute atomic E-state index is 0.194. The van der Waals surface area contributed by atoms with E-state index in [9.17, 15) is 10.2 Å². The molecule has 5 rings (SSSR count). The molecule has 0 aliphatic carbocycles. The summed E-state index contributed by atoms with van der Waals surface area (Å²) in [5.41, 5.74) is 4.70. The number of benzene rings is 3. The summed E-state index contributed by atoms with van der Waals surface area (Å²) in [6.07, 6.45) is 0.908. The van der Waals surface area contributed by atoms with Crippen LogP contribution in [0.4, 0.5) is 0 Å². The van der Waals surface area contributed by atoms with Crippen molar-refractivity contribution in [2.45, 2.75) is 39.3 Å². The van der Waals surface area contributed by atoms with Gasteiger partial charge in [-0.05, 0) is 91.9 Å². The van der Waals surface area contributed by atoms with E-state index in [-0.39, 0.29) is 17.6 Å². The zero-order valence-corrected chi connectivity index (χ0v) is 20.6. The fourth-order valence-corrected chi connectivity index (χ4v) is 5.15. The molecular formula is C30H33NO4. The van der Waals surface area contributed by atoms with Crippen molar-refractivity contribution in [3.63, 3.8) is 0 Å². The average molecular weight is 472 g/mol. The first-order valence-electron chi connectivity index (χ1n) is 12.4. The van der Waals surface area contributed by atoms with Crippen LogP contribution in [0.1, 0.15) is 50.0 Å². The van der Waals surface area contributed by atoms with Crippen molar-refractivity contribution in [2.75, 3.05) is 19.7 Å². The molecule has 1 fully saturated rings. The predicted octanol–water partition coefficient (Wildman–Crippen LogP) is 6.27. The first kappa shape index (κ1) is 23.3. The normalized spacial score (nSPS) is 20.9. The molecule has 182 valence electrons. The summed E-state index contributed by atoms with van der Waals surface area (Å²) in [5, 5.41) is 20.2. The summed E-state index contributed by atoms with van der Waals surface area (Å²) in [6.45, 7) is 9.52. The quantitative estimate of drug-likeness (QED) is 0.444. The molecule has 0 amide bonds. The van der Waals surface area contributed by atoms with Gasteiger partial charge in [0, 0.05) is 23.7 Å². The van der Waals surface area contributed by atoms with Gasteiger partial charge in [-0.15, -0.1) is 0 Å². The van der Waals surface area contributed by atoms with Crippen molar-refractivity contribution in [1.82, 2.24) is 4.90 Å². The van der Waals surface area contributed by atoms with E-state index in [1.165, 1.54) is 6.42 Å². The minimum Gasteiger partial charge on any atom is -0.508 e. The fourth-order valence-electron chi connectivity index (χ4n) is 5.15. The van der Waals surface area contributed by atoms with Crippen LogP contribution in [0, 0.1) is 5.92 Å². The zero-order valence-electron chi connectivity index (χ0n) is 20.6. The van der Waals surface area contributed by atoms with E-state index >= 15 is 0 Å². The van der Waals surface area contributed by atoms with Crippen LogP contribution in [0.5, 0.6) is 23.0 Å². The van der Waals surface area contributed by atoms with Crippen LogP contribution in [0.3, 0.4) is 0 Å². The monoisotopic (exact) mass is 471 g/mol. The van der Waals surface area contributed by atoms with Crippen LogP contribution in [0.15, 0.2) is 66.7 Å². The van der Waals surface area contributed by atoms with Gasteiger partial charge < -0.3 is 19.7 Å². The van der Waals surface area contributed by atoms with Crippen LogP contribution in [0.25, 0.3) is 11.1 Å². The number of aromatic hydroxyl groups is 2. The summed E-state index contributed by atoms with van der Waals surface area (Å²) in [5.74, 6) is 2.73. The second-order valence-corrected chi connectivity index (χ2v) is 9.89. The molecule has 1 saturated heterocycles. The fraction of sp³-hybridized carbons (Fsp3) is 0.333. The van der Waals surface area contributed by atoms with Crippen LogP contribution >= 0.6 is 0 Å². The van der Waals surface area contributed by atoms with Gasteiger partial charge in [-0.2, -0.15) is 0 Å². The van der Waals surface area contributed by atoms with Crippen LogP contribution in [-0.4, -0.2) is 40.9 Å². The molecule has 5 heteroatoms. The highest BCUT2D eigenvalue weighted by atomic mass is 16.5. The lowest BCUT2D eigenvalue weighted by molar-refractivity contribution is 0.169. The number of nitrogens with zero attached hydrogens (tertiary/aromatic N) is 1. The Kier molecular flexibility index (Phi) is 6.44. The van der Waals surface area contributed by atoms with E-state index in [4.69, 9.17) is 9.47 Å². The number of rotatable bonds is 6. The van der Waals surface area contributed by atoms with Gasteiger partial charge in [0.2, 0.25) is 0 Å². The number of phenols is 2. The molecule has 5 nitrogen and oxygen atoms in total. The van der Waals surface area contributed by atoms with Crippen molar-refractivity contribution in [3.8, 4) is 23.0 Å². The lowest BCUT2D eigenvalue weighted by atomic mass is 9.86. The van der Waals surface area contributed by atoms with Gasteiger partial charge in [-0.25, -0.2) is 0 Å². The van der Waals surface area contributed by atoms with Gasteiger partial charge in [-0.1, -0.05) is 31.2 Å². The van der Waals surface area contributed by atoms with Crippen LogP contribution in [-0.2, 0) is 0 Å². The molecule has 0 bridgehead atoms. The number of hydrogen-bond donors (Lipinski definition) is 2. The smallest absolute Gasteiger partial charge is 0.150 e. The number of ether oxygens (including phenoxy) is 2. The van der Waals surface area contributed by atoms with Gasteiger partial charge in [0.05, 0.1) is 0 Å². The summed E-state index contributed by atoms with van der Waals surface area (Å²) < 4.78 is 12.6. The lowest BCUT2D eigenvalue weighted by Gasteiger charge is -2.31. The second-order valence-electron chi connectivity index (χ2n) is 9.89. The molecule has 3 aromatic rings. The number of fused-ring (bicyclic) bond motifs is 1. The molecule has 2 heterocycles. The number of hydrogen-bond acceptors (Lipinski definition) is 5. The highest BCUT2D eigenvalue weighted by Crippen LogP contribution is 2.47. The maximum absolute atomic E-state index is 10.1. The maximum atomic E-state index is 10.1. The Morgan fingerprint density at radius 3 is 2.51 bits per heavy atom. The standard InChI is InChI=1S/C30H33NO4/c1-19-13-14-31(17-19)20(2)18-34-26-10-7-22(8-11-26)30-29(23-5-4-6-24(32)15-23)21(3)27-16-25(33)9-12-28(27)35-30/h4-12,15-16,19-20,30,32-33H,13-14,17-18H2,1-3H3/t19-,20-,30?/m1/s1. The molecule has 0 radical (unpaired) electrons. The van der Waals surface area contributed by atoms with Crippen molar-refractivity contribution >= 4 is 11.1 Å². The van der Waals surface area contributed by atoms with Gasteiger partial charge in [0.1, 0.15) is 35.7 Å². The third kappa shape index (κ3) is 4.87. The van der Waals surface area contributed by atoms with Crippen molar-refractivity contribution in [2.24, 2.45) is 5.92 Å². The molecule has 35 heavy (non-hydrogen) atoms. The molecule has 3 atom stereocenters. The second kappa shape index (κ2) is 9.67. The first-order chi connectivity index (χ1) is 16.9. The minimum atomic E-state index is -0.354. The van der Waals surface area contributed by atoms with Crippen molar-refractivity contribution < 1.29 is 19.7 Å². The van der Waals surface area contributed by atoms with Gasteiger partial charge in [0.15, 0.2) is 0 Å².